The minimum Gasteiger partial charge on any atom is -0.354 e. The Bertz CT molecular complexity index is 420. The summed E-state index contributed by atoms with van der Waals surface area (Å²) in [5, 5.41) is 10.7. The van der Waals surface area contributed by atoms with Crippen LogP contribution < -0.4 is 0 Å². The Morgan fingerprint density at radius 3 is 2.95 bits per heavy atom. The molecule has 1 aromatic rings. The van der Waals surface area contributed by atoms with Crippen molar-refractivity contribution in [3.8, 4) is 0 Å². The fraction of sp³-hybridized carbons (Fsp3) is 0.538. The van der Waals surface area contributed by atoms with E-state index in [1.165, 1.54) is 0 Å². The lowest BCUT2D eigenvalue weighted by Gasteiger charge is -2.18. The molecule has 0 N–H and O–H groups in total. The Morgan fingerprint density at radius 2 is 2.37 bits per heavy atom. The molecule has 1 aromatic heterocycles. The standard InChI is InChI=1S/C13H20N4O2/c1-3-4-8-15-13(11-17(18)19)16(2)10-12-6-5-7-14-9-12/h5-7,9H,3-4,8,10-11H2,1-2H3. The van der Waals surface area contributed by atoms with Crippen LogP contribution in [0.2, 0.25) is 0 Å². The molecule has 0 aliphatic rings. The molecule has 0 unspecified atom stereocenters. The molecule has 0 aliphatic heterocycles. The van der Waals surface area contributed by atoms with E-state index >= 15 is 0 Å². The fourth-order valence-electron chi connectivity index (χ4n) is 1.63. The van der Waals surface area contributed by atoms with Gasteiger partial charge in [0.1, 0.15) is 0 Å². The Morgan fingerprint density at radius 1 is 1.58 bits per heavy atom. The maximum absolute atomic E-state index is 10.7. The number of unbranched alkanes of at least 4 members (excludes halogenated alkanes) is 1. The second kappa shape index (κ2) is 8.18. The second-order valence-electron chi connectivity index (χ2n) is 4.36. The van der Waals surface area contributed by atoms with E-state index in [0.29, 0.717) is 18.9 Å². The van der Waals surface area contributed by atoms with Crippen molar-refractivity contribution < 1.29 is 4.92 Å². The van der Waals surface area contributed by atoms with Crippen LogP contribution in [-0.4, -0.2) is 40.8 Å². The molecule has 6 nitrogen and oxygen atoms in total. The summed E-state index contributed by atoms with van der Waals surface area (Å²) in [6.45, 7) is 3.05. The van der Waals surface area contributed by atoms with E-state index in [1.54, 1.807) is 12.4 Å². The summed E-state index contributed by atoms with van der Waals surface area (Å²) in [5.41, 5.74) is 1.01. The number of aromatic nitrogens is 1. The van der Waals surface area contributed by atoms with Crippen LogP contribution in [-0.2, 0) is 6.54 Å². The number of pyridine rings is 1. The number of nitro groups is 1. The van der Waals surface area contributed by atoms with E-state index in [2.05, 4.69) is 16.9 Å². The number of hydrogen-bond donors (Lipinski definition) is 0. The van der Waals surface area contributed by atoms with Crippen LogP contribution in [0.1, 0.15) is 25.3 Å². The number of hydrogen-bond acceptors (Lipinski definition) is 4. The van der Waals surface area contributed by atoms with E-state index in [0.717, 1.165) is 18.4 Å². The summed E-state index contributed by atoms with van der Waals surface area (Å²) in [5.74, 6) is 0.516. The predicted octanol–water partition coefficient (Wildman–Crippen LogP) is 1.99. The Balaban J connectivity index is 2.67. The highest BCUT2D eigenvalue weighted by Crippen LogP contribution is 2.03. The first kappa shape index (κ1) is 15.1. The maximum atomic E-state index is 10.7. The fourth-order valence-corrected chi connectivity index (χ4v) is 1.63. The highest BCUT2D eigenvalue weighted by atomic mass is 16.6. The minimum atomic E-state index is -0.343. The van der Waals surface area contributed by atoms with Gasteiger partial charge in [-0.1, -0.05) is 19.4 Å². The molecule has 6 heteroatoms. The van der Waals surface area contributed by atoms with E-state index in [4.69, 9.17) is 0 Å². The van der Waals surface area contributed by atoms with Gasteiger partial charge in [-0.15, -0.1) is 0 Å². The first-order valence-electron chi connectivity index (χ1n) is 6.38. The van der Waals surface area contributed by atoms with Crippen molar-refractivity contribution in [1.82, 2.24) is 9.88 Å². The van der Waals surface area contributed by atoms with Crippen LogP contribution >= 0.6 is 0 Å². The summed E-state index contributed by atoms with van der Waals surface area (Å²) in [6.07, 6.45) is 5.44. The average Bonchev–Trinajstić information content (AvgIpc) is 2.38. The molecule has 0 aromatic carbocycles. The molecule has 1 heterocycles. The summed E-state index contributed by atoms with van der Waals surface area (Å²) >= 11 is 0. The molecule has 0 spiro atoms. The summed E-state index contributed by atoms with van der Waals surface area (Å²) in [4.78, 5) is 20.5. The van der Waals surface area contributed by atoms with E-state index in [-0.39, 0.29) is 11.5 Å². The highest BCUT2D eigenvalue weighted by molar-refractivity contribution is 5.83. The Hall–Kier alpha value is -1.98. The summed E-state index contributed by atoms with van der Waals surface area (Å²) < 4.78 is 0. The van der Waals surface area contributed by atoms with Crippen LogP contribution in [0.5, 0.6) is 0 Å². The molecule has 0 amide bonds. The van der Waals surface area contributed by atoms with Gasteiger partial charge in [-0.3, -0.25) is 20.1 Å². The van der Waals surface area contributed by atoms with Gasteiger partial charge in [0.2, 0.25) is 0 Å². The van der Waals surface area contributed by atoms with Crippen LogP contribution in [0.4, 0.5) is 0 Å². The Labute approximate surface area is 113 Å². The van der Waals surface area contributed by atoms with Gasteiger partial charge in [0, 0.05) is 37.5 Å². The summed E-state index contributed by atoms with van der Waals surface area (Å²) in [6, 6.07) is 3.80. The largest absolute Gasteiger partial charge is 0.354 e. The quantitative estimate of drug-likeness (QED) is 0.248. The monoisotopic (exact) mass is 264 g/mol. The molecule has 0 radical (unpaired) electrons. The van der Waals surface area contributed by atoms with Gasteiger partial charge in [0.05, 0.1) is 0 Å². The van der Waals surface area contributed by atoms with Gasteiger partial charge in [-0.05, 0) is 18.1 Å². The molecule has 104 valence electrons. The molecular formula is C13H20N4O2. The lowest BCUT2D eigenvalue weighted by molar-refractivity contribution is -0.464. The second-order valence-corrected chi connectivity index (χ2v) is 4.36. The first-order chi connectivity index (χ1) is 9.13. The zero-order valence-corrected chi connectivity index (χ0v) is 11.5. The molecule has 1 rings (SSSR count). The zero-order chi connectivity index (χ0) is 14.1. The van der Waals surface area contributed by atoms with E-state index in [9.17, 15) is 10.1 Å². The maximum Gasteiger partial charge on any atom is 0.260 e. The van der Waals surface area contributed by atoms with Crippen LogP contribution in [0.15, 0.2) is 29.5 Å². The molecule has 0 bridgehead atoms. The van der Waals surface area contributed by atoms with Gasteiger partial charge < -0.3 is 4.90 Å². The van der Waals surface area contributed by atoms with Gasteiger partial charge in [0.25, 0.3) is 6.54 Å². The van der Waals surface area contributed by atoms with Crippen LogP contribution in [0.25, 0.3) is 0 Å². The lowest BCUT2D eigenvalue weighted by Crippen LogP contribution is -2.32. The lowest BCUT2D eigenvalue weighted by atomic mass is 10.2. The number of nitrogens with zero attached hydrogens (tertiary/aromatic N) is 4. The van der Waals surface area contributed by atoms with Crippen molar-refractivity contribution in [2.45, 2.75) is 26.3 Å². The minimum absolute atomic E-state index is 0.236. The normalized spacial score (nSPS) is 11.4. The van der Waals surface area contributed by atoms with Crippen molar-refractivity contribution in [3.63, 3.8) is 0 Å². The van der Waals surface area contributed by atoms with Gasteiger partial charge in [-0.25, -0.2) is 0 Å². The number of rotatable bonds is 7. The number of aliphatic imine (C=N–C) groups is 1. The van der Waals surface area contributed by atoms with Gasteiger partial charge >= 0.3 is 0 Å². The predicted molar refractivity (Wildman–Crippen MR) is 74.8 cm³/mol. The first-order valence-corrected chi connectivity index (χ1v) is 6.38. The van der Waals surface area contributed by atoms with Gasteiger partial charge in [-0.2, -0.15) is 0 Å². The molecule has 0 atom stereocenters. The molecular weight excluding hydrogens is 244 g/mol. The van der Waals surface area contributed by atoms with E-state index < -0.39 is 0 Å². The number of amidine groups is 1. The van der Waals surface area contributed by atoms with E-state index in [1.807, 2.05) is 24.1 Å². The third-order valence-electron chi connectivity index (χ3n) is 2.66. The van der Waals surface area contributed by atoms with Crippen molar-refractivity contribution in [3.05, 3.63) is 40.2 Å². The SMILES string of the molecule is CCCCN=C(C[N+](=O)[O-])N(C)Cc1cccnc1. The van der Waals surface area contributed by atoms with Gasteiger partial charge in [0.15, 0.2) is 5.84 Å². The Kier molecular flexibility index (Phi) is 6.49. The smallest absolute Gasteiger partial charge is 0.260 e. The molecule has 0 aliphatic carbocycles. The highest BCUT2D eigenvalue weighted by Gasteiger charge is 2.13. The van der Waals surface area contributed by atoms with Crippen LogP contribution in [0, 0.1) is 10.1 Å². The third-order valence-corrected chi connectivity index (χ3v) is 2.66. The van der Waals surface area contributed by atoms with Crippen molar-refractivity contribution in [2.75, 3.05) is 20.1 Å². The molecule has 19 heavy (non-hydrogen) atoms. The van der Waals surface area contributed by atoms with Crippen molar-refractivity contribution in [2.24, 2.45) is 4.99 Å². The molecule has 0 fully saturated rings. The average molecular weight is 264 g/mol. The van der Waals surface area contributed by atoms with Crippen molar-refractivity contribution >= 4 is 5.84 Å². The topological polar surface area (TPSA) is 71.6 Å². The summed E-state index contributed by atoms with van der Waals surface area (Å²) in [7, 11) is 1.82. The zero-order valence-electron chi connectivity index (χ0n) is 11.5. The third kappa shape index (κ3) is 5.94. The van der Waals surface area contributed by atoms with Crippen molar-refractivity contribution in [1.29, 1.82) is 0 Å². The molecule has 0 saturated heterocycles. The molecule has 0 saturated carbocycles. The van der Waals surface area contributed by atoms with Crippen LogP contribution in [0.3, 0.4) is 0 Å². The number of likely N-dealkylation sites (N-methyl/N-ethyl adjacent to an activating group) is 1.